The van der Waals surface area contributed by atoms with Crippen LogP contribution in [0.25, 0.3) is 0 Å². The van der Waals surface area contributed by atoms with Crippen LogP contribution in [0.5, 0.6) is 0 Å². The number of nitrogens with one attached hydrogen (secondary N) is 2. The number of carbonyl (C=O) groups excluding carboxylic acids is 1. The molecule has 0 aliphatic carbocycles. The molecule has 0 bridgehead atoms. The summed E-state index contributed by atoms with van der Waals surface area (Å²) in [6.45, 7) is 8.13. The summed E-state index contributed by atoms with van der Waals surface area (Å²) in [5, 5.41) is 5.97. The van der Waals surface area contributed by atoms with Crippen LogP contribution in [-0.4, -0.2) is 26.0 Å². The van der Waals surface area contributed by atoms with Gasteiger partial charge in [0.1, 0.15) is 0 Å². The first-order valence-corrected chi connectivity index (χ1v) is 6.48. The van der Waals surface area contributed by atoms with Gasteiger partial charge in [0.05, 0.1) is 0 Å². The molecule has 0 aromatic heterocycles. The highest BCUT2D eigenvalue weighted by Gasteiger charge is 2.13. The van der Waals surface area contributed by atoms with E-state index in [4.69, 9.17) is 0 Å². The Morgan fingerprint density at radius 2 is 1.68 bits per heavy atom. The van der Waals surface area contributed by atoms with E-state index < -0.39 is 0 Å². The molecule has 0 spiro atoms. The van der Waals surface area contributed by atoms with Crippen molar-refractivity contribution in [2.75, 3.05) is 20.1 Å². The van der Waals surface area contributed by atoms with Crippen LogP contribution < -0.4 is 10.6 Å². The van der Waals surface area contributed by atoms with E-state index in [9.17, 15) is 4.79 Å². The van der Waals surface area contributed by atoms with Gasteiger partial charge in [-0.05, 0) is 43.1 Å². The number of hydrogen-bond donors (Lipinski definition) is 2. The average molecular weight is 285 g/mol. The zero-order chi connectivity index (χ0) is 13.6. The fourth-order valence-electron chi connectivity index (χ4n) is 1.69. The number of carbonyl (C=O) groups is 1. The fourth-order valence-corrected chi connectivity index (χ4v) is 1.69. The maximum atomic E-state index is 11.8. The molecule has 0 saturated carbocycles. The first-order valence-electron chi connectivity index (χ1n) is 6.48. The lowest BCUT2D eigenvalue weighted by atomic mass is 9.87. The van der Waals surface area contributed by atoms with E-state index in [1.165, 1.54) is 5.56 Å². The Morgan fingerprint density at radius 1 is 1.11 bits per heavy atom. The topological polar surface area (TPSA) is 41.1 Å². The van der Waals surface area contributed by atoms with E-state index in [0.29, 0.717) is 6.54 Å². The molecule has 0 radical (unpaired) electrons. The van der Waals surface area contributed by atoms with Crippen molar-refractivity contribution < 1.29 is 4.79 Å². The van der Waals surface area contributed by atoms with Crippen molar-refractivity contribution >= 4 is 18.3 Å². The third-order valence-electron chi connectivity index (χ3n) is 2.90. The van der Waals surface area contributed by atoms with Gasteiger partial charge in [0.25, 0.3) is 5.91 Å². The Hall–Kier alpha value is -1.06. The van der Waals surface area contributed by atoms with Gasteiger partial charge in [0.15, 0.2) is 0 Å². The summed E-state index contributed by atoms with van der Waals surface area (Å²) in [7, 11) is 1.91. The van der Waals surface area contributed by atoms with Gasteiger partial charge in [-0.1, -0.05) is 32.9 Å². The van der Waals surface area contributed by atoms with Crippen LogP contribution in [0.3, 0.4) is 0 Å². The number of benzene rings is 1. The molecule has 1 rings (SSSR count). The number of halogens is 1. The van der Waals surface area contributed by atoms with E-state index in [1.54, 1.807) is 0 Å². The molecule has 0 heterocycles. The second-order valence-corrected chi connectivity index (χ2v) is 5.54. The third-order valence-corrected chi connectivity index (χ3v) is 2.90. The van der Waals surface area contributed by atoms with E-state index in [1.807, 2.05) is 31.3 Å². The van der Waals surface area contributed by atoms with Crippen LogP contribution in [0.2, 0.25) is 0 Å². The van der Waals surface area contributed by atoms with Crippen LogP contribution in [-0.2, 0) is 5.41 Å². The van der Waals surface area contributed by atoms with Crippen LogP contribution in [0.15, 0.2) is 24.3 Å². The highest BCUT2D eigenvalue weighted by Crippen LogP contribution is 2.22. The van der Waals surface area contributed by atoms with Gasteiger partial charge in [-0.15, -0.1) is 12.4 Å². The van der Waals surface area contributed by atoms with Crippen molar-refractivity contribution in [3.63, 3.8) is 0 Å². The predicted octanol–water partition coefficient (Wildman–Crippen LogP) is 2.75. The standard InChI is InChI=1S/C15H24N2O.ClH/c1-15(2,3)13-8-6-12(7-9-13)14(18)17-11-5-10-16-4;/h6-9,16H,5,10-11H2,1-4H3,(H,17,18);1H. The number of amides is 1. The van der Waals surface area contributed by atoms with Crippen molar-refractivity contribution in [1.82, 2.24) is 10.6 Å². The maximum absolute atomic E-state index is 11.8. The molecule has 0 aliphatic rings. The summed E-state index contributed by atoms with van der Waals surface area (Å²) >= 11 is 0. The Bertz CT molecular complexity index is 382. The smallest absolute Gasteiger partial charge is 0.251 e. The molecule has 0 saturated heterocycles. The normalized spacial score (nSPS) is 10.7. The third kappa shape index (κ3) is 6.08. The highest BCUT2D eigenvalue weighted by atomic mass is 35.5. The summed E-state index contributed by atoms with van der Waals surface area (Å²) in [5.41, 5.74) is 2.10. The average Bonchev–Trinajstić information content (AvgIpc) is 2.33. The van der Waals surface area contributed by atoms with Gasteiger partial charge in [0.2, 0.25) is 0 Å². The van der Waals surface area contributed by atoms with Gasteiger partial charge in [-0.25, -0.2) is 0 Å². The molecule has 1 aromatic rings. The molecular formula is C15H25ClN2O. The van der Waals surface area contributed by atoms with Crippen molar-refractivity contribution in [1.29, 1.82) is 0 Å². The van der Waals surface area contributed by atoms with Crippen LogP contribution in [0, 0.1) is 0 Å². The Balaban J connectivity index is 0.00000324. The van der Waals surface area contributed by atoms with Crippen LogP contribution in [0.1, 0.15) is 43.1 Å². The predicted molar refractivity (Wildman–Crippen MR) is 83.3 cm³/mol. The van der Waals surface area contributed by atoms with Gasteiger partial charge < -0.3 is 10.6 Å². The summed E-state index contributed by atoms with van der Waals surface area (Å²) in [6.07, 6.45) is 0.947. The highest BCUT2D eigenvalue weighted by molar-refractivity contribution is 5.94. The minimum atomic E-state index is 0. The van der Waals surface area contributed by atoms with E-state index >= 15 is 0 Å². The quantitative estimate of drug-likeness (QED) is 0.817. The zero-order valence-corrected chi connectivity index (χ0v) is 13.1. The lowest BCUT2D eigenvalue weighted by Crippen LogP contribution is -2.26. The Kier molecular flexibility index (Phi) is 7.72. The summed E-state index contributed by atoms with van der Waals surface area (Å²) < 4.78 is 0. The Labute approximate surface area is 122 Å². The molecule has 19 heavy (non-hydrogen) atoms. The second kappa shape index (κ2) is 8.18. The number of hydrogen-bond acceptors (Lipinski definition) is 2. The largest absolute Gasteiger partial charge is 0.352 e. The number of rotatable bonds is 5. The first-order chi connectivity index (χ1) is 8.45. The molecule has 2 N–H and O–H groups in total. The molecular weight excluding hydrogens is 260 g/mol. The van der Waals surface area contributed by atoms with Gasteiger partial charge in [0, 0.05) is 12.1 Å². The SMILES string of the molecule is CNCCCNC(=O)c1ccc(C(C)(C)C)cc1.Cl. The molecule has 0 atom stereocenters. The lowest BCUT2D eigenvalue weighted by molar-refractivity contribution is 0.0953. The van der Waals surface area contributed by atoms with Crippen molar-refractivity contribution in [2.45, 2.75) is 32.6 Å². The second-order valence-electron chi connectivity index (χ2n) is 5.54. The summed E-state index contributed by atoms with van der Waals surface area (Å²) in [6, 6.07) is 7.85. The van der Waals surface area contributed by atoms with Gasteiger partial charge in [-0.3, -0.25) is 4.79 Å². The molecule has 3 nitrogen and oxygen atoms in total. The molecule has 4 heteroatoms. The van der Waals surface area contributed by atoms with Crippen LogP contribution in [0.4, 0.5) is 0 Å². The monoisotopic (exact) mass is 284 g/mol. The summed E-state index contributed by atoms with van der Waals surface area (Å²) in [5.74, 6) is 0.00608. The van der Waals surface area contributed by atoms with Crippen molar-refractivity contribution in [2.24, 2.45) is 0 Å². The molecule has 1 amide bonds. The van der Waals surface area contributed by atoms with Gasteiger partial charge >= 0.3 is 0 Å². The van der Waals surface area contributed by atoms with Crippen LogP contribution >= 0.6 is 12.4 Å². The lowest BCUT2D eigenvalue weighted by Gasteiger charge is -2.19. The molecule has 1 aromatic carbocycles. The molecule has 0 unspecified atom stereocenters. The molecule has 108 valence electrons. The maximum Gasteiger partial charge on any atom is 0.251 e. The summed E-state index contributed by atoms with van der Waals surface area (Å²) in [4.78, 5) is 11.8. The van der Waals surface area contributed by atoms with E-state index in [-0.39, 0.29) is 23.7 Å². The minimum absolute atomic E-state index is 0. The van der Waals surface area contributed by atoms with Crippen molar-refractivity contribution in [3.05, 3.63) is 35.4 Å². The van der Waals surface area contributed by atoms with E-state index in [2.05, 4.69) is 31.4 Å². The van der Waals surface area contributed by atoms with E-state index in [0.717, 1.165) is 18.5 Å². The molecule has 0 fully saturated rings. The minimum Gasteiger partial charge on any atom is -0.352 e. The zero-order valence-electron chi connectivity index (χ0n) is 12.2. The van der Waals surface area contributed by atoms with Crippen molar-refractivity contribution in [3.8, 4) is 0 Å². The first kappa shape index (κ1) is 17.9. The van der Waals surface area contributed by atoms with Gasteiger partial charge in [-0.2, -0.15) is 0 Å². The Morgan fingerprint density at radius 3 is 2.16 bits per heavy atom. The fraction of sp³-hybridized carbons (Fsp3) is 0.533. The molecule has 0 aliphatic heterocycles.